The van der Waals surface area contributed by atoms with Crippen LogP contribution >= 0.6 is 0 Å². The van der Waals surface area contributed by atoms with E-state index in [4.69, 9.17) is 0 Å². The number of carbonyl (C=O) groups excluding carboxylic acids is 3. The molecule has 5 heteroatoms. The molecule has 66 valence electrons. The lowest BCUT2D eigenvalue weighted by Gasteiger charge is -2.09. The summed E-state index contributed by atoms with van der Waals surface area (Å²) in [7, 11) is 0. The number of ether oxygens (including phenoxy) is 1. The van der Waals surface area contributed by atoms with E-state index >= 15 is 0 Å². The van der Waals surface area contributed by atoms with Gasteiger partial charge in [0.25, 0.3) is 0 Å². The minimum absolute atomic E-state index is 0.109. The standard InChI is InChI=1S/C7H9NO4/c1-2-12-7(11)8-5(9)3-4-6(8)10/h2-4H2,1H3. The third-order valence-corrected chi connectivity index (χ3v) is 1.50. The van der Waals surface area contributed by atoms with Crippen molar-refractivity contribution < 1.29 is 19.1 Å². The normalized spacial score (nSPS) is 16.9. The molecule has 1 rings (SSSR count). The molecule has 0 N–H and O–H groups in total. The van der Waals surface area contributed by atoms with Crippen LogP contribution < -0.4 is 0 Å². The number of nitrogens with zero attached hydrogens (tertiary/aromatic N) is 1. The molecule has 0 spiro atoms. The third kappa shape index (κ3) is 1.44. The highest BCUT2D eigenvalue weighted by Crippen LogP contribution is 2.12. The van der Waals surface area contributed by atoms with Gasteiger partial charge in [0, 0.05) is 12.8 Å². The summed E-state index contributed by atoms with van der Waals surface area (Å²) in [6, 6.07) is 0. The van der Waals surface area contributed by atoms with Gasteiger partial charge in [-0.3, -0.25) is 9.59 Å². The van der Waals surface area contributed by atoms with E-state index in [1.54, 1.807) is 6.92 Å². The van der Waals surface area contributed by atoms with Crippen LogP contribution in [0.15, 0.2) is 0 Å². The van der Waals surface area contributed by atoms with Gasteiger partial charge in [-0.25, -0.2) is 4.79 Å². The summed E-state index contributed by atoms with van der Waals surface area (Å²) in [5.41, 5.74) is 0. The summed E-state index contributed by atoms with van der Waals surface area (Å²) < 4.78 is 4.51. The zero-order valence-corrected chi connectivity index (χ0v) is 6.70. The van der Waals surface area contributed by atoms with Gasteiger partial charge < -0.3 is 4.74 Å². The molecule has 0 unspecified atom stereocenters. The molecule has 1 aliphatic rings. The molecule has 0 radical (unpaired) electrons. The van der Waals surface area contributed by atoms with Crippen LogP contribution in [0, 0.1) is 0 Å². The molecule has 1 heterocycles. The Morgan fingerprint density at radius 2 is 1.92 bits per heavy atom. The summed E-state index contributed by atoms with van der Waals surface area (Å²) in [5, 5.41) is 0. The van der Waals surface area contributed by atoms with Crippen molar-refractivity contribution in [2.45, 2.75) is 19.8 Å². The van der Waals surface area contributed by atoms with E-state index in [0.29, 0.717) is 4.90 Å². The summed E-state index contributed by atoms with van der Waals surface area (Å²) in [4.78, 5) is 33.3. The van der Waals surface area contributed by atoms with E-state index in [0.717, 1.165) is 0 Å². The van der Waals surface area contributed by atoms with Crippen LogP contribution in [0.5, 0.6) is 0 Å². The third-order valence-electron chi connectivity index (χ3n) is 1.50. The Morgan fingerprint density at radius 3 is 2.33 bits per heavy atom. The van der Waals surface area contributed by atoms with Gasteiger partial charge >= 0.3 is 6.09 Å². The Balaban J connectivity index is 2.66. The van der Waals surface area contributed by atoms with Crippen molar-refractivity contribution in [2.24, 2.45) is 0 Å². The quantitative estimate of drug-likeness (QED) is 0.532. The Bertz CT molecular complexity index is 220. The van der Waals surface area contributed by atoms with Crippen LogP contribution in [0.3, 0.4) is 0 Å². The fourth-order valence-electron chi connectivity index (χ4n) is 0.968. The Hall–Kier alpha value is -1.39. The van der Waals surface area contributed by atoms with Crippen molar-refractivity contribution in [3.05, 3.63) is 0 Å². The van der Waals surface area contributed by atoms with Crippen LogP contribution in [0.2, 0.25) is 0 Å². The van der Waals surface area contributed by atoms with E-state index in [1.165, 1.54) is 0 Å². The zero-order valence-electron chi connectivity index (χ0n) is 6.70. The largest absolute Gasteiger partial charge is 0.449 e. The number of hydrogen-bond donors (Lipinski definition) is 0. The van der Waals surface area contributed by atoms with Gasteiger partial charge in [-0.05, 0) is 6.92 Å². The van der Waals surface area contributed by atoms with Crippen LogP contribution in [0.4, 0.5) is 4.79 Å². The highest BCUT2D eigenvalue weighted by Gasteiger charge is 2.35. The van der Waals surface area contributed by atoms with E-state index in [2.05, 4.69) is 4.74 Å². The zero-order chi connectivity index (χ0) is 9.14. The van der Waals surface area contributed by atoms with Crippen molar-refractivity contribution in [1.29, 1.82) is 0 Å². The fraction of sp³-hybridized carbons (Fsp3) is 0.571. The van der Waals surface area contributed by atoms with Crippen molar-refractivity contribution >= 4 is 17.9 Å². The van der Waals surface area contributed by atoms with Crippen molar-refractivity contribution in [3.63, 3.8) is 0 Å². The first-order valence-electron chi connectivity index (χ1n) is 3.69. The highest BCUT2D eigenvalue weighted by molar-refractivity contribution is 6.13. The molecule has 0 aliphatic carbocycles. The molecule has 3 amide bonds. The van der Waals surface area contributed by atoms with E-state index in [1.807, 2.05) is 0 Å². The average Bonchev–Trinajstić information content (AvgIpc) is 2.32. The Labute approximate surface area is 69.3 Å². The van der Waals surface area contributed by atoms with E-state index < -0.39 is 17.9 Å². The molecule has 12 heavy (non-hydrogen) atoms. The van der Waals surface area contributed by atoms with Gasteiger partial charge in [0.1, 0.15) is 0 Å². The maximum Gasteiger partial charge on any atom is 0.423 e. The number of carbonyl (C=O) groups is 3. The SMILES string of the molecule is CCOC(=O)N1C(=O)CCC1=O. The Kier molecular flexibility index (Phi) is 2.42. The smallest absolute Gasteiger partial charge is 0.423 e. The molecular formula is C7H9NO4. The van der Waals surface area contributed by atoms with Crippen LogP contribution in [-0.4, -0.2) is 29.4 Å². The minimum Gasteiger partial charge on any atom is -0.449 e. The van der Waals surface area contributed by atoms with E-state index in [-0.39, 0.29) is 19.4 Å². The first kappa shape index (κ1) is 8.70. The number of likely N-dealkylation sites (tertiary alicyclic amines) is 1. The minimum atomic E-state index is -0.856. The van der Waals surface area contributed by atoms with Gasteiger partial charge in [0.05, 0.1) is 6.61 Å². The second kappa shape index (κ2) is 3.34. The van der Waals surface area contributed by atoms with Gasteiger partial charge in [0.15, 0.2) is 0 Å². The lowest BCUT2D eigenvalue weighted by molar-refractivity contribution is -0.136. The molecule has 5 nitrogen and oxygen atoms in total. The van der Waals surface area contributed by atoms with Crippen LogP contribution in [-0.2, 0) is 14.3 Å². The fourth-order valence-corrected chi connectivity index (χ4v) is 0.968. The number of rotatable bonds is 1. The summed E-state index contributed by atoms with van der Waals surface area (Å²) >= 11 is 0. The molecule has 0 aromatic rings. The van der Waals surface area contributed by atoms with Crippen LogP contribution in [0.1, 0.15) is 19.8 Å². The van der Waals surface area contributed by atoms with Gasteiger partial charge in [-0.2, -0.15) is 4.90 Å². The second-order valence-corrected chi connectivity index (χ2v) is 2.32. The highest BCUT2D eigenvalue weighted by atomic mass is 16.6. The summed E-state index contributed by atoms with van der Waals surface area (Å²) in [6.45, 7) is 1.78. The van der Waals surface area contributed by atoms with Gasteiger partial charge in [-0.15, -0.1) is 0 Å². The lowest BCUT2D eigenvalue weighted by Crippen LogP contribution is -2.35. The first-order valence-corrected chi connectivity index (χ1v) is 3.69. The predicted molar refractivity (Wildman–Crippen MR) is 38.1 cm³/mol. The average molecular weight is 171 g/mol. The van der Waals surface area contributed by atoms with E-state index in [9.17, 15) is 14.4 Å². The van der Waals surface area contributed by atoms with Crippen LogP contribution in [0.25, 0.3) is 0 Å². The van der Waals surface area contributed by atoms with Gasteiger partial charge in [-0.1, -0.05) is 0 Å². The molecule has 0 aromatic heterocycles. The second-order valence-electron chi connectivity index (χ2n) is 2.32. The first-order chi connectivity index (χ1) is 5.66. The van der Waals surface area contributed by atoms with Crippen molar-refractivity contribution in [2.75, 3.05) is 6.61 Å². The topological polar surface area (TPSA) is 63.7 Å². The molecule has 0 saturated carbocycles. The number of imide groups is 3. The molecule has 1 aliphatic heterocycles. The van der Waals surface area contributed by atoms with Crippen molar-refractivity contribution in [3.8, 4) is 0 Å². The molecule has 0 bridgehead atoms. The molecule has 1 saturated heterocycles. The molecule has 1 fully saturated rings. The predicted octanol–water partition coefficient (Wildman–Crippen LogP) is 0.292. The molecule has 0 aromatic carbocycles. The number of amides is 3. The molecular weight excluding hydrogens is 162 g/mol. The van der Waals surface area contributed by atoms with Crippen molar-refractivity contribution in [1.82, 2.24) is 4.90 Å². The monoisotopic (exact) mass is 171 g/mol. The summed E-state index contributed by atoms with van der Waals surface area (Å²) in [5.74, 6) is -0.947. The molecule has 0 atom stereocenters. The lowest BCUT2D eigenvalue weighted by atomic mass is 10.4. The Morgan fingerprint density at radius 1 is 1.42 bits per heavy atom. The maximum absolute atomic E-state index is 10.9. The summed E-state index contributed by atoms with van der Waals surface area (Å²) in [6.07, 6.45) is -0.639. The number of hydrogen-bond acceptors (Lipinski definition) is 4. The van der Waals surface area contributed by atoms with Gasteiger partial charge in [0.2, 0.25) is 11.8 Å². The maximum atomic E-state index is 10.9.